The van der Waals surface area contributed by atoms with Gasteiger partial charge in [-0.2, -0.15) is 11.8 Å². The number of aliphatic hydroxyl groups excluding tert-OH is 1. The Morgan fingerprint density at radius 1 is 1.60 bits per heavy atom. The third-order valence-corrected chi connectivity index (χ3v) is 3.84. The van der Waals surface area contributed by atoms with Crippen LogP contribution >= 0.6 is 11.8 Å². The second kappa shape index (κ2) is 6.38. The lowest BCUT2D eigenvalue weighted by Crippen LogP contribution is -2.45. The molecule has 1 saturated heterocycles. The minimum absolute atomic E-state index is 0.196. The highest BCUT2D eigenvalue weighted by molar-refractivity contribution is 7.99. The lowest BCUT2D eigenvalue weighted by atomic mass is 9.96. The van der Waals surface area contributed by atoms with E-state index in [1.54, 1.807) is 16.7 Å². The lowest BCUT2D eigenvalue weighted by Gasteiger charge is -2.34. The number of thioether (sulfide) groups is 1. The van der Waals surface area contributed by atoms with E-state index in [2.05, 4.69) is 6.92 Å². The van der Waals surface area contributed by atoms with Crippen LogP contribution in [-0.2, 0) is 4.79 Å². The van der Waals surface area contributed by atoms with Gasteiger partial charge in [-0.1, -0.05) is 13.8 Å². The van der Waals surface area contributed by atoms with Gasteiger partial charge >= 0.3 is 0 Å². The molecule has 0 aliphatic carbocycles. The number of nitrogens with zero attached hydrogens (tertiary/aromatic N) is 1. The molecule has 88 valence electrons. The van der Waals surface area contributed by atoms with Crippen LogP contribution < -0.4 is 0 Å². The summed E-state index contributed by atoms with van der Waals surface area (Å²) in [4.78, 5) is 13.5. The molecule has 0 bridgehead atoms. The largest absolute Gasteiger partial charge is 0.391 e. The van der Waals surface area contributed by atoms with Gasteiger partial charge in [0.15, 0.2) is 0 Å². The Morgan fingerprint density at radius 3 is 2.93 bits per heavy atom. The van der Waals surface area contributed by atoms with Crippen molar-refractivity contribution in [3.63, 3.8) is 0 Å². The van der Waals surface area contributed by atoms with Crippen LogP contribution in [0.25, 0.3) is 0 Å². The van der Waals surface area contributed by atoms with Crippen LogP contribution in [0.2, 0.25) is 0 Å². The minimum Gasteiger partial charge on any atom is -0.391 e. The predicted octanol–water partition coefficient (Wildman–Crippen LogP) is 1.36. The van der Waals surface area contributed by atoms with Gasteiger partial charge in [-0.05, 0) is 18.1 Å². The van der Waals surface area contributed by atoms with Crippen LogP contribution in [-0.4, -0.2) is 46.6 Å². The number of piperidine rings is 1. The van der Waals surface area contributed by atoms with Crippen LogP contribution in [0.3, 0.4) is 0 Å². The standard InChI is InChI=1S/C11H21NO2S/c1-3-15-7-5-11(14)12-6-4-9(2)10(13)8-12/h9-10,13H,3-8H2,1-2H3. The van der Waals surface area contributed by atoms with Crippen LogP contribution in [0, 0.1) is 5.92 Å². The zero-order valence-corrected chi connectivity index (χ0v) is 10.4. The molecule has 2 atom stereocenters. The summed E-state index contributed by atoms with van der Waals surface area (Å²) in [6, 6.07) is 0. The average molecular weight is 231 g/mol. The highest BCUT2D eigenvalue weighted by atomic mass is 32.2. The molecule has 1 amide bonds. The fourth-order valence-electron chi connectivity index (χ4n) is 1.74. The molecule has 0 aromatic carbocycles. The van der Waals surface area contributed by atoms with Crippen molar-refractivity contribution in [2.75, 3.05) is 24.6 Å². The number of carbonyl (C=O) groups is 1. The van der Waals surface area contributed by atoms with E-state index in [0.717, 1.165) is 24.5 Å². The Kier molecular flexibility index (Phi) is 5.47. The summed E-state index contributed by atoms with van der Waals surface area (Å²) in [6.45, 7) is 5.48. The normalized spacial score (nSPS) is 26.7. The highest BCUT2D eigenvalue weighted by Crippen LogP contribution is 2.17. The van der Waals surface area contributed by atoms with Gasteiger partial charge in [-0.25, -0.2) is 0 Å². The summed E-state index contributed by atoms with van der Waals surface area (Å²) in [7, 11) is 0. The second-order valence-corrected chi connectivity index (χ2v) is 5.51. The molecule has 1 fully saturated rings. The van der Waals surface area contributed by atoms with Crippen LogP contribution in [0.4, 0.5) is 0 Å². The number of aliphatic hydroxyl groups is 1. The number of carbonyl (C=O) groups excluding carboxylic acids is 1. The van der Waals surface area contributed by atoms with Gasteiger partial charge in [0.25, 0.3) is 0 Å². The summed E-state index contributed by atoms with van der Waals surface area (Å²) < 4.78 is 0. The van der Waals surface area contributed by atoms with Crippen molar-refractivity contribution in [1.82, 2.24) is 4.90 Å². The van der Waals surface area contributed by atoms with E-state index in [0.29, 0.717) is 18.9 Å². The first-order valence-electron chi connectivity index (χ1n) is 5.68. The van der Waals surface area contributed by atoms with E-state index < -0.39 is 0 Å². The van der Waals surface area contributed by atoms with Crippen molar-refractivity contribution in [1.29, 1.82) is 0 Å². The maximum Gasteiger partial charge on any atom is 0.223 e. The number of rotatable bonds is 4. The summed E-state index contributed by atoms with van der Waals surface area (Å²) in [5.41, 5.74) is 0. The molecule has 0 spiro atoms. The fourth-order valence-corrected chi connectivity index (χ4v) is 2.34. The molecule has 0 radical (unpaired) electrons. The molecule has 3 nitrogen and oxygen atoms in total. The quantitative estimate of drug-likeness (QED) is 0.743. The van der Waals surface area contributed by atoms with Crippen molar-refractivity contribution in [2.45, 2.75) is 32.8 Å². The van der Waals surface area contributed by atoms with Crippen molar-refractivity contribution in [2.24, 2.45) is 5.92 Å². The third kappa shape index (κ3) is 4.03. The predicted molar refractivity (Wildman–Crippen MR) is 64.0 cm³/mol. The molecule has 0 aromatic heterocycles. The van der Waals surface area contributed by atoms with Crippen molar-refractivity contribution < 1.29 is 9.90 Å². The van der Waals surface area contributed by atoms with Crippen molar-refractivity contribution in [3.8, 4) is 0 Å². The van der Waals surface area contributed by atoms with E-state index in [4.69, 9.17) is 0 Å². The Bertz CT molecular complexity index is 211. The SMILES string of the molecule is CCSCCC(=O)N1CCC(C)C(O)C1. The number of likely N-dealkylation sites (tertiary alicyclic amines) is 1. The van der Waals surface area contributed by atoms with E-state index in [-0.39, 0.29) is 12.0 Å². The minimum atomic E-state index is -0.332. The second-order valence-electron chi connectivity index (χ2n) is 4.12. The molecular weight excluding hydrogens is 210 g/mol. The van der Waals surface area contributed by atoms with E-state index in [9.17, 15) is 9.90 Å². The number of β-amino-alcohol motifs (C(OH)–C–C–N with tert-alkyl or cyclic N) is 1. The molecule has 1 rings (SSSR count). The van der Waals surface area contributed by atoms with Gasteiger partial charge < -0.3 is 10.0 Å². The molecule has 0 saturated carbocycles. The molecule has 2 unspecified atom stereocenters. The van der Waals surface area contributed by atoms with Gasteiger partial charge in [-0.3, -0.25) is 4.79 Å². The molecule has 1 aliphatic heterocycles. The topological polar surface area (TPSA) is 40.5 Å². The van der Waals surface area contributed by atoms with E-state index in [1.165, 1.54) is 0 Å². The van der Waals surface area contributed by atoms with E-state index >= 15 is 0 Å². The maximum absolute atomic E-state index is 11.7. The Balaban J connectivity index is 2.28. The van der Waals surface area contributed by atoms with Crippen molar-refractivity contribution >= 4 is 17.7 Å². The molecule has 0 aromatic rings. The van der Waals surface area contributed by atoms with Crippen LogP contribution in [0.5, 0.6) is 0 Å². The molecular formula is C11H21NO2S. The lowest BCUT2D eigenvalue weighted by molar-refractivity contribution is -0.134. The Hall–Kier alpha value is -0.220. The van der Waals surface area contributed by atoms with Gasteiger partial charge in [0, 0.05) is 25.3 Å². The maximum atomic E-state index is 11.7. The number of amides is 1. The van der Waals surface area contributed by atoms with Gasteiger partial charge in [0.2, 0.25) is 5.91 Å². The highest BCUT2D eigenvalue weighted by Gasteiger charge is 2.26. The summed E-state index contributed by atoms with van der Waals surface area (Å²) in [5.74, 6) is 2.49. The zero-order chi connectivity index (χ0) is 11.3. The molecule has 4 heteroatoms. The Labute approximate surface area is 96.2 Å². The average Bonchev–Trinajstić information content (AvgIpc) is 2.22. The van der Waals surface area contributed by atoms with Crippen LogP contribution in [0.1, 0.15) is 26.7 Å². The number of hydrogen-bond acceptors (Lipinski definition) is 3. The van der Waals surface area contributed by atoms with Gasteiger partial charge in [0.05, 0.1) is 6.10 Å². The van der Waals surface area contributed by atoms with Gasteiger partial charge in [-0.15, -0.1) is 0 Å². The molecule has 1 aliphatic rings. The summed E-state index contributed by atoms with van der Waals surface area (Å²) in [5, 5.41) is 9.67. The number of hydrogen-bond donors (Lipinski definition) is 1. The monoisotopic (exact) mass is 231 g/mol. The molecule has 1 heterocycles. The fraction of sp³-hybridized carbons (Fsp3) is 0.909. The van der Waals surface area contributed by atoms with E-state index in [1.807, 2.05) is 6.92 Å². The first-order chi connectivity index (χ1) is 7.15. The van der Waals surface area contributed by atoms with Crippen molar-refractivity contribution in [3.05, 3.63) is 0 Å². The zero-order valence-electron chi connectivity index (χ0n) is 9.61. The summed E-state index contributed by atoms with van der Waals surface area (Å²) in [6.07, 6.45) is 1.20. The van der Waals surface area contributed by atoms with Gasteiger partial charge in [0.1, 0.15) is 0 Å². The first kappa shape index (κ1) is 12.8. The third-order valence-electron chi connectivity index (χ3n) is 2.94. The molecule has 1 N–H and O–H groups in total. The molecule has 15 heavy (non-hydrogen) atoms. The smallest absolute Gasteiger partial charge is 0.223 e. The Morgan fingerprint density at radius 2 is 2.33 bits per heavy atom. The first-order valence-corrected chi connectivity index (χ1v) is 6.84. The summed E-state index contributed by atoms with van der Waals surface area (Å²) >= 11 is 1.79. The van der Waals surface area contributed by atoms with Crippen LogP contribution in [0.15, 0.2) is 0 Å².